The Labute approximate surface area is 230 Å². The van der Waals surface area contributed by atoms with E-state index in [1.807, 2.05) is 0 Å². The van der Waals surface area contributed by atoms with Crippen LogP contribution >= 0.6 is 0 Å². The van der Waals surface area contributed by atoms with Crippen molar-refractivity contribution >= 4 is 21.7 Å². The normalized spacial score (nSPS) is 24.1. The fourth-order valence-corrected chi connectivity index (χ4v) is 7.29. The molecule has 2 aliphatic rings. The van der Waals surface area contributed by atoms with Crippen LogP contribution < -0.4 is 5.32 Å². The van der Waals surface area contributed by atoms with Crippen molar-refractivity contribution in [2.75, 3.05) is 12.3 Å². The van der Waals surface area contributed by atoms with Crippen molar-refractivity contribution in [3.05, 3.63) is 76.2 Å². The van der Waals surface area contributed by atoms with Gasteiger partial charge in [-0.2, -0.15) is 13.2 Å². The Bertz CT molecular complexity index is 1380. The molecule has 1 aliphatic carbocycles. The third-order valence-electron chi connectivity index (χ3n) is 7.55. The van der Waals surface area contributed by atoms with Gasteiger partial charge in [-0.25, -0.2) is 8.42 Å². The molecule has 2 amide bonds. The summed E-state index contributed by atoms with van der Waals surface area (Å²) in [6.45, 7) is 0.355. The maximum atomic E-state index is 13.7. The van der Waals surface area contributed by atoms with Crippen molar-refractivity contribution in [3.8, 4) is 0 Å². The van der Waals surface area contributed by atoms with Crippen LogP contribution in [-0.4, -0.2) is 55.6 Å². The largest absolute Gasteiger partial charge is 0.416 e. The van der Waals surface area contributed by atoms with Crippen LogP contribution in [0.25, 0.3) is 10.4 Å². The second-order valence-electron chi connectivity index (χ2n) is 10.2. The molecule has 1 saturated carbocycles. The van der Waals surface area contributed by atoms with Gasteiger partial charge in [0.25, 0.3) is 5.91 Å². The Morgan fingerprint density at radius 2 is 1.82 bits per heavy atom. The molecule has 4 rings (SSSR count). The highest BCUT2D eigenvalue weighted by Crippen LogP contribution is 2.35. The van der Waals surface area contributed by atoms with Crippen LogP contribution in [0.2, 0.25) is 0 Å². The van der Waals surface area contributed by atoms with Crippen LogP contribution in [0, 0.1) is 5.92 Å². The van der Waals surface area contributed by atoms with E-state index < -0.39 is 57.4 Å². The third kappa shape index (κ3) is 6.95. The molecule has 0 unspecified atom stereocenters. The minimum Gasteiger partial charge on any atom is -0.340 e. The summed E-state index contributed by atoms with van der Waals surface area (Å²) in [6.07, 6.45) is -1.92. The predicted molar refractivity (Wildman–Crippen MR) is 141 cm³/mol. The average molecular weight is 578 g/mol. The first-order chi connectivity index (χ1) is 19.0. The van der Waals surface area contributed by atoms with Crippen molar-refractivity contribution < 1.29 is 31.2 Å². The maximum absolute atomic E-state index is 13.7. The number of azide groups is 1. The lowest BCUT2D eigenvalue weighted by Crippen LogP contribution is -2.55. The Hall–Kier alpha value is -3.57. The number of hydrogen-bond acceptors (Lipinski definition) is 5. The summed E-state index contributed by atoms with van der Waals surface area (Å²) in [5.74, 6) is -1.95. The van der Waals surface area contributed by atoms with Gasteiger partial charge in [-0.3, -0.25) is 9.59 Å². The molecule has 1 aliphatic heterocycles. The van der Waals surface area contributed by atoms with Crippen LogP contribution in [0.3, 0.4) is 0 Å². The van der Waals surface area contributed by atoms with Gasteiger partial charge in [0, 0.05) is 29.1 Å². The second kappa shape index (κ2) is 12.3. The summed E-state index contributed by atoms with van der Waals surface area (Å²) >= 11 is 0. The first-order valence-electron chi connectivity index (χ1n) is 13.1. The Kier molecular flexibility index (Phi) is 9.05. The van der Waals surface area contributed by atoms with E-state index >= 15 is 0 Å². The zero-order valence-electron chi connectivity index (χ0n) is 21.6. The zero-order valence-corrected chi connectivity index (χ0v) is 22.4. The lowest BCUT2D eigenvalue weighted by molar-refractivity contribution is -0.138. The van der Waals surface area contributed by atoms with E-state index in [1.165, 1.54) is 18.2 Å². The fraction of sp³-hybridized carbons (Fsp3) is 0.481. The highest BCUT2D eigenvalue weighted by molar-refractivity contribution is 7.91. The average Bonchev–Trinajstić information content (AvgIpc) is 3.10. The van der Waals surface area contributed by atoms with Crippen molar-refractivity contribution in [1.29, 1.82) is 0 Å². The summed E-state index contributed by atoms with van der Waals surface area (Å²) < 4.78 is 65.9. The van der Waals surface area contributed by atoms with E-state index in [-0.39, 0.29) is 22.6 Å². The standard InChI is InChI=1S/C27H30F3N5O4S/c28-27(29,30)20-8-6-7-18(15-20)25(36)32-23-11-4-5-14-35(26(23)37)24-13-12-21(33-34-31)16-19(24)17-40(38,39)22-9-2-1-3-10-22/h1-3,6-10,15,19,21,23-24H,4-5,11-14,16-17H2,(H,32,36)/t19-,21+,23-,24-/m0/s1. The number of carbonyl (C=O) groups excluding carboxylic acids is 2. The molecular weight excluding hydrogens is 547 g/mol. The minimum absolute atomic E-state index is 0.160. The molecule has 2 aromatic carbocycles. The van der Waals surface area contributed by atoms with Gasteiger partial charge in [0.15, 0.2) is 9.84 Å². The van der Waals surface area contributed by atoms with Gasteiger partial charge < -0.3 is 10.2 Å². The number of hydrogen-bond donors (Lipinski definition) is 1. The van der Waals surface area contributed by atoms with Gasteiger partial charge in [-0.15, -0.1) is 0 Å². The number of amides is 2. The van der Waals surface area contributed by atoms with Crippen LogP contribution in [0.4, 0.5) is 13.2 Å². The van der Waals surface area contributed by atoms with Gasteiger partial charge in [0.1, 0.15) is 6.04 Å². The topological polar surface area (TPSA) is 132 Å². The van der Waals surface area contributed by atoms with Crippen molar-refractivity contribution in [1.82, 2.24) is 10.2 Å². The van der Waals surface area contributed by atoms with Gasteiger partial charge in [-0.05, 0) is 80.3 Å². The highest BCUT2D eigenvalue weighted by atomic mass is 32.2. The Balaban J connectivity index is 1.56. The van der Waals surface area contributed by atoms with Gasteiger partial charge in [0.2, 0.25) is 5.91 Å². The molecule has 0 radical (unpaired) electrons. The van der Waals surface area contributed by atoms with E-state index in [1.54, 1.807) is 23.1 Å². The number of alkyl halides is 3. The fourth-order valence-electron chi connectivity index (χ4n) is 5.60. The number of benzene rings is 2. The quantitative estimate of drug-likeness (QED) is 0.277. The smallest absolute Gasteiger partial charge is 0.340 e. The second-order valence-corrected chi connectivity index (χ2v) is 12.3. The first kappa shape index (κ1) is 29.4. The van der Waals surface area contributed by atoms with E-state index in [2.05, 4.69) is 15.3 Å². The van der Waals surface area contributed by atoms with Gasteiger partial charge in [0.05, 0.1) is 16.2 Å². The minimum atomic E-state index is -4.62. The number of likely N-dealkylation sites (tertiary alicyclic amines) is 1. The molecular formula is C27H30F3N5O4S. The lowest BCUT2D eigenvalue weighted by atomic mass is 9.81. The van der Waals surface area contributed by atoms with Crippen LogP contribution in [-0.2, 0) is 20.8 Å². The lowest BCUT2D eigenvalue weighted by Gasteiger charge is -2.42. The molecule has 1 saturated heterocycles. The van der Waals surface area contributed by atoms with Crippen LogP contribution in [0.15, 0.2) is 64.6 Å². The van der Waals surface area contributed by atoms with Gasteiger partial charge in [-0.1, -0.05) is 29.4 Å². The molecule has 40 heavy (non-hydrogen) atoms. The monoisotopic (exact) mass is 577 g/mol. The number of halogens is 3. The third-order valence-corrected chi connectivity index (χ3v) is 9.40. The molecule has 1 heterocycles. The molecule has 2 fully saturated rings. The summed E-state index contributed by atoms with van der Waals surface area (Å²) in [6, 6.07) is 10.1. The van der Waals surface area contributed by atoms with E-state index in [0.717, 1.165) is 18.2 Å². The van der Waals surface area contributed by atoms with E-state index in [4.69, 9.17) is 5.53 Å². The molecule has 0 spiro atoms. The molecule has 214 valence electrons. The molecule has 0 bridgehead atoms. The number of rotatable bonds is 7. The van der Waals surface area contributed by atoms with Crippen molar-refractivity contribution in [2.24, 2.45) is 11.0 Å². The van der Waals surface area contributed by atoms with Crippen molar-refractivity contribution in [2.45, 2.75) is 67.7 Å². The molecule has 1 N–H and O–H groups in total. The molecule has 4 atom stereocenters. The van der Waals surface area contributed by atoms with Gasteiger partial charge >= 0.3 is 6.18 Å². The molecule has 2 aromatic rings. The molecule has 9 nitrogen and oxygen atoms in total. The first-order valence-corrected chi connectivity index (χ1v) is 14.8. The maximum Gasteiger partial charge on any atom is 0.416 e. The number of sulfone groups is 1. The van der Waals surface area contributed by atoms with E-state index in [9.17, 15) is 31.2 Å². The summed E-state index contributed by atoms with van der Waals surface area (Å²) in [4.78, 5) is 31.3. The number of nitrogens with one attached hydrogen (secondary N) is 1. The summed E-state index contributed by atoms with van der Waals surface area (Å²) in [5.41, 5.74) is 7.78. The highest BCUT2D eigenvalue weighted by Gasteiger charge is 2.41. The predicted octanol–water partition coefficient (Wildman–Crippen LogP) is 5.14. The summed E-state index contributed by atoms with van der Waals surface area (Å²) in [7, 11) is -3.72. The van der Waals surface area contributed by atoms with Crippen molar-refractivity contribution in [3.63, 3.8) is 0 Å². The summed E-state index contributed by atoms with van der Waals surface area (Å²) in [5, 5.41) is 6.42. The van der Waals surface area contributed by atoms with E-state index in [0.29, 0.717) is 38.6 Å². The Morgan fingerprint density at radius 3 is 2.52 bits per heavy atom. The molecule has 13 heteroatoms. The molecule has 0 aromatic heterocycles. The SMILES string of the molecule is [N-]=[N+]=N[C@@H]1CC[C@H](N2CCCC[C@H](NC(=O)c3cccc(C(F)(F)F)c3)C2=O)[C@H](CS(=O)(=O)c2ccccc2)C1. The zero-order chi connectivity index (χ0) is 28.9. The number of carbonyl (C=O) groups is 2. The van der Waals surface area contributed by atoms with Crippen LogP contribution in [0.1, 0.15) is 54.4 Å². The number of nitrogens with zero attached hydrogens (tertiary/aromatic N) is 4. The van der Waals surface area contributed by atoms with Crippen LogP contribution in [0.5, 0.6) is 0 Å². The Morgan fingerprint density at radius 1 is 1.07 bits per heavy atom.